The lowest BCUT2D eigenvalue weighted by molar-refractivity contribution is 0.292. The SMILES string of the molecule is CCCOc1nc(N)nc(NCc2cccs2)n1. The monoisotopic (exact) mass is 265 g/mol. The third kappa shape index (κ3) is 3.56. The van der Waals surface area contributed by atoms with E-state index in [1.807, 2.05) is 24.4 Å². The summed E-state index contributed by atoms with van der Waals surface area (Å²) in [7, 11) is 0. The van der Waals surface area contributed by atoms with Crippen LogP contribution < -0.4 is 15.8 Å². The van der Waals surface area contributed by atoms with Crippen LogP contribution in [-0.2, 0) is 6.54 Å². The predicted octanol–water partition coefficient (Wildman–Crippen LogP) is 1.92. The lowest BCUT2D eigenvalue weighted by atomic mass is 10.5. The van der Waals surface area contributed by atoms with Gasteiger partial charge in [0.15, 0.2) is 0 Å². The lowest BCUT2D eigenvalue weighted by Crippen LogP contribution is -2.09. The minimum absolute atomic E-state index is 0.157. The zero-order valence-electron chi connectivity index (χ0n) is 10.1. The van der Waals surface area contributed by atoms with E-state index in [2.05, 4.69) is 20.3 Å². The second-order valence-corrected chi connectivity index (χ2v) is 4.61. The highest BCUT2D eigenvalue weighted by molar-refractivity contribution is 7.09. The molecule has 0 unspecified atom stereocenters. The van der Waals surface area contributed by atoms with E-state index < -0.39 is 0 Å². The van der Waals surface area contributed by atoms with Crippen molar-refractivity contribution in [2.75, 3.05) is 17.7 Å². The lowest BCUT2D eigenvalue weighted by Gasteiger charge is -2.06. The summed E-state index contributed by atoms with van der Waals surface area (Å²) in [5, 5.41) is 5.12. The van der Waals surface area contributed by atoms with Crippen LogP contribution in [0.4, 0.5) is 11.9 Å². The number of aromatic nitrogens is 3. The first-order valence-corrected chi connectivity index (χ1v) is 6.56. The van der Waals surface area contributed by atoms with Gasteiger partial charge in [0, 0.05) is 4.88 Å². The van der Waals surface area contributed by atoms with Crippen molar-refractivity contribution in [3.8, 4) is 6.01 Å². The Hall–Kier alpha value is -1.89. The normalized spacial score (nSPS) is 10.3. The molecule has 0 amide bonds. The average molecular weight is 265 g/mol. The van der Waals surface area contributed by atoms with Gasteiger partial charge in [-0.25, -0.2) is 0 Å². The van der Waals surface area contributed by atoms with Crippen molar-refractivity contribution in [3.05, 3.63) is 22.4 Å². The molecule has 2 aromatic rings. The number of thiophene rings is 1. The molecule has 7 heteroatoms. The second-order valence-electron chi connectivity index (χ2n) is 3.58. The van der Waals surface area contributed by atoms with Gasteiger partial charge in [0.2, 0.25) is 11.9 Å². The Balaban J connectivity index is 2.00. The highest BCUT2D eigenvalue weighted by atomic mass is 32.1. The summed E-state index contributed by atoms with van der Waals surface area (Å²) >= 11 is 1.67. The van der Waals surface area contributed by atoms with E-state index in [9.17, 15) is 0 Å². The third-order valence-corrected chi connectivity index (χ3v) is 2.94. The Morgan fingerprint density at radius 2 is 2.28 bits per heavy atom. The number of hydrogen-bond acceptors (Lipinski definition) is 7. The molecule has 0 aliphatic rings. The Labute approximate surface area is 109 Å². The molecule has 96 valence electrons. The van der Waals surface area contributed by atoms with Crippen LogP contribution in [0.5, 0.6) is 6.01 Å². The van der Waals surface area contributed by atoms with Crippen LogP contribution in [0.15, 0.2) is 17.5 Å². The summed E-state index contributed by atoms with van der Waals surface area (Å²) in [5.41, 5.74) is 5.60. The molecule has 6 nitrogen and oxygen atoms in total. The van der Waals surface area contributed by atoms with Crippen molar-refractivity contribution in [1.29, 1.82) is 0 Å². The van der Waals surface area contributed by atoms with Gasteiger partial charge < -0.3 is 15.8 Å². The van der Waals surface area contributed by atoms with Gasteiger partial charge in [-0.15, -0.1) is 11.3 Å². The zero-order chi connectivity index (χ0) is 12.8. The van der Waals surface area contributed by atoms with Crippen LogP contribution in [0.2, 0.25) is 0 Å². The maximum Gasteiger partial charge on any atom is 0.323 e. The quantitative estimate of drug-likeness (QED) is 0.829. The number of nitrogens with two attached hydrogens (primary N) is 1. The molecule has 0 saturated carbocycles. The summed E-state index contributed by atoms with van der Waals surface area (Å²) in [4.78, 5) is 13.3. The van der Waals surface area contributed by atoms with Gasteiger partial charge in [0.1, 0.15) is 0 Å². The number of rotatable bonds is 6. The van der Waals surface area contributed by atoms with E-state index in [0.717, 1.165) is 6.42 Å². The topological polar surface area (TPSA) is 86.0 Å². The van der Waals surface area contributed by atoms with Crippen molar-refractivity contribution < 1.29 is 4.74 Å². The van der Waals surface area contributed by atoms with Gasteiger partial charge in [0.05, 0.1) is 13.2 Å². The maximum absolute atomic E-state index is 5.60. The first kappa shape index (κ1) is 12.6. The van der Waals surface area contributed by atoms with Gasteiger partial charge in [-0.05, 0) is 17.9 Å². The van der Waals surface area contributed by atoms with Crippen molar-refractivity contribution in [2.45, 2.75) is 19.9 Å². The molecule has 0 saturated heterocycles. The molecule has 3 N–H and O–H groups in total. The van der Waals surface area contributed by atoms with Crippen LogP contribution in [0, 0.1) is 0 Å². The standard InChI is InChI=1S/C11H15N5OS/c1-2-5-17-11-15-9(12)14-10(16-11)13-7-8-4-3-6-18-8/h3-4,6H,2,5,7H2,1H3,(H3,12,13,14,15,16). The van der Waals surface area contributed by atoms with E-state index in [1.54, 1.807) is 11.3 Å². The van der Waals surface area contributed by atoms with E-state index >= 15 is 0 Å². The summed E-state index contributed by atoms with van der Waals surface area (Å²) < 4.78 is 5.33. The predicted molar refractivity (Wildman–Crippen MR) is 71.7 cm³/mol. The van der Waals surface area contributed by atoms with E-state index in [4.69, 9.17) is 10.5 Å². The average Bonchev–Trinajstić information content (AvgIpc) is 2.86. The van der Waals surface area contributed by atoms with Gasteiger partial charge >= 0.3 is 6.01 Å². The van der Waals surface area contributed by atoms with Gasteiger partial charge in [-0.1, -0.05) is 13.0 Å². The van der Waals surface area contributed by atoms with Crippen LogP contribution in [0.25, 0.3) is 0 Å². The van der Waals surface area contributed by atoms with Crippen LogP contribution in [-0.4, -0.2) is 21.6 Å². The van der Waals surface area contributed by atoms with Crippen LogP contribution in [0.1, 0.15) is 18.2 Å². The molecule has 0 fully saturated rings. The molecule has 0 atom stereocenters. The highest BCUT2D eigenvalue weighted by Gasteiger charge is 2.05. The minimum atomic E-state index is 0.157. The summed E-state index contributed by atoms with van der Waals surface area (Å²) in [6.07, 6.45) is 0.892. The molecule has 2 aromatic heterocycles. The van der Waals surface area contributed by atoms with Crippen LogP contribution in [0.3, 0.4) is 0 Å². The number of ether oxygens (including phenoxy) is 1. The number of anilines is 2. The molecule has 0 aliphatic carbocycles. The number of nitrogens with zero attached hydrogens (tertiary/aromatic N) is 3. The van der Waals surface area contributed by atoms with Crippen molar-refractivity contribution in [1.82, 2.24) is 15.0 Å². The Morgan fingerprint density at radius 1 is 1.39 bits per heavy atom. The number of nitrogens with one attached hydrogen (secondary N) is 1. The molecule has 0 spiro atoms. The molecule has 2 heterocycles. The summed E-state index contributed by atoms with van der Waals surface area (Å²) in [6.45, 7) is 3.24. The van der Waals surface area contributed by atoms with Crippen molar-refractivity contribution in [3.63, 3.8) is 0 Å². The number of hydrogen-bond donors (Lipinski definition) is 2. The van der Waals surface area contributed by atoms with Gasteiger partial charge in [-0.3, -0.25) is 0 Å². The Bertz CT molecular complexity index is 488. The fourth-order valence-corrected chi connectivity index (χ4v) is 1.93. The molecule has 0 bridgehead atoms. The molecule has 0 radical (unpaired) electrons. The molecule has 0 aromatic carbocycles. The summed E-state index contributed by atoms with van der Waals surface area (Å²) in [6, 6.07) is 4.30. The Kier molecular flexibility index (Phi) is 4.30. The first-order chi connectivity index (χ1) is 8.78. The second kappa shape index (κ2) is 6.15. The number of nitrogen functional groups attached to an aromatic ring is 1. The first-order valence-electron chi connectivity index (χ1n) is 5.68. The van der Waals surface area contributed by atoms with Gasteiger partial charge in [-0.2, -0.15) is 15.0 Å². The molecular weight excluding hydrogens is 250 g/mol. The third-order valence-electron chi connectivity index (χ3n) is 2.07. The molecule has 0 aliphatic heterocycles. The smallest absolute Gasteiger partial charge is 0.323 e. The fraction of sp³-hybridized carbons (Fsp3) is 0.364. The Morgan fingerprint density at radius 3 is 3.00 bits per heavy atom. The highest BCUT2D eigenvalue weighted by Crippen LogP contribution is 2.13. The summed E-state index contributed by atoms with van der Waals surface area (Å²) in [5.74, 6) is 0.590. The zero-order valence-corrected chi connectivity index (χ0v) is 10.9. The maximum atomic E-state index is 5.60. The van der Waals surface area contributed by atoms with E-state index in [-0.39, 0.29) is 12.0 Å². The molecule has 18 heavy (non-hydrogen) atoms. The largest absolute Gasteiger partial charge is 0.463 e. The molecule has 2 rings (SSSR count). The van der Waals surface area contributed by atoms with E-state index in [0.29, 0.717) is 19.1 Å². The fourth-order valence-electron chi connectivity index (χ4n) is 1.29. The van der Waals surface area contributed by atoms with Crippen molar-refractivity contribution >= 4 is 23.2 Å². The minimum Gasteiger partial charge on any atom is -0.463 e. The van der Waals surface area contributed by atoms with Crippen molar-refractivity contribution in [2.24, 2.45) is 0 Å². The van der Waals surface area contributed by atoms with Crippen LogP contribution >= 0.6 is 11.3 Å². The van der Waals surface area contributed by atoms with Gasteiger partial charge in [0.25, 0.3) is 0 Å². The molecular formula is C11H15N5OS. The van der Waals surface area contributed by atoms with E-state index in [1.165, 1.54) is 4.88 Å².